The SMILES string of the molecule is Cc1[nH]c2ccccc2c1CSc1nnc(-c2ccc(Cl)cc2Cl)n1C. The highest BCUT2D eigenvalue weighted by Gasteiger charge is 2.16. The molecule has 4 rings (SSSR count). The zero-order chi connectivity index (χ0) is 18.3. The molecule has 2 aromatic carbocycles. The van der Waals surface area contributed by atoms with Crippen LogP contribution < -0.4 is 0 Å². The van der Waals surface area contributed by atoms with Crippen LogP contribution in [0, 0.1) is 6.92 Å². The lowest BCUT2D eigenvalue weighted by Crippen LogP contribution is -1.96. The van der Waals surface area contributed by atoms with E-state index in [1.807, 2.05) is 23.7 Å². The molecular formula is C19H16Cl2N4S. The monoisotopic (exact) mass is 402 g/mol. The first-order valence-electron chi connectivity index (χ1n) is 8.08. The fraction of sp³-hybridized carbons (Fsp3) is 0.158. The molecule has 26 heavy (non-hydrogen) atoms. The number of nitrogens with zero attached hydrogens (tertiary/aromatic N) is 3. The molecule has 0 saturated carbocycles. The first kappa shape index (κ1) is 17.5. The number of aryl methyl sites for hydroxylation is 1. The number of rotatable bonds is 4. The van der Waals surface area contributed by atoms with Crippen LogP contribution in [0.15, 0.2) is 47.6 Å². The van der Waals surface area contributed by atoms with Crippen molar-refractivity contribution < 1.29 is 0 Å². The minimum atomic E-state index is 0.567. The van der Waals surface area contributed by atoms with Gasteiger partial charge in [0.2, 0.25) is 0 Å². The van der Waals surface area contributed by atoms with E-state index in [0.717, 1.165) is 27.8 Å². The number of thioether (sulfide) groups is 1. The summed E-state index contributed by atoms with van der Waals surface area (Å²) in [6.45, 7) is 2.10. The molecule has 0 radical (unpaired) electrons. The highest BCUT2D eigenvalue weighted by atomic mass is 35.5. The van der Waals surface area contributed by atoms with Gasteiger partial charge >= 0.3 is 0 Å². The van der Waals surface area contributed by atoms with Crippen molar-refractivity contribution in [2.75, 3.05) is 0 Å². The van der Waals surface area contributed by atoms with Gasteiger partial charge in [-0.1, -0.05) is 53.2 Å². The molecule has 4 nitrogen and oxygen atoms in total. The number of fused-ring (bicyclic) bond motifs is 1. The van der Waals surface area contributed by atoms with Crippen LogP contribution in [0.4, 0.5) is 0 Å². The molecule has 132 valence electrons. The summed E-state index contributed by atoms with van der Waals surface area (Å²) < 4.78 is 1.96. The number of halogens is 2. The molecular weight excluding hydrogens is 387 g/mol. The summed E-state index contributed by atoms with van der Waals surface area (Å²) >= 11 is 14.0. The van der Waals surface area contributed by atoms with Crippen molar-refractivity contribution in [2.24, 2.45) is 7.05 Å². The molecule has 0 unspecified atom stereocenters. The van der Waals surface area contributed by atoms with Gasteiger partial charge in [0.25, 0.3) is 0 Å². The van der Waals surface area contributed by atoms with Gasteiger partial charge in [0.05, 0.1) is 5.02 Å². The van der Waals surface area contributed by atoms with E-state index in [1.165, 1.54) is 16.6 Å². The van der Waals surface area contributed by atoms with Crippen molar-refractivity contribution in [2.45, 2.75) is 17.8 Å². The molecule has 0 aliphatic rings. The summed E-state index contributed by atoms with van der Waals surface area (Å²) in [6, 6.07) is 13.7. The quantitative estimate of drug-likeness (QED) is 0.434. The maximum Gasteiger partial charge on any atom is 0.191 e. The zero-order valence-corrected chi connectivity index (χ0v) is 16.6. The minimum absolute atomic E-state index is 0.567. The number of benzene rings is 2. The van der Waals surface area contributed by atoms with E-state index in [-0.39, 0.29) is 0 Å². The third kappa shape index (κ3) is 3.11. The van der Waals surface area contributed by atoms with Gasteiger partial charge in [0.15, 0.2) is 11.0 Å². The summed E-state index contributed by atoms with van der Waals surface area (Å²) in [5.41, 5.74) is 4.45. The van der Waals surface area contributed by atoms with Gasteiger partial charge in [-0.15, -0.1) is 10.2 Å². The molecule has 0 amide bonds. The van der Waals surface area contributed by atoms with E-state index < -0.39 is 0 Å². The van der Waals surface area contributed by atoms with E-state index >= 15 is 0 Å². The third-order valence-electron chi connectivity index (χ3n) is 4.38. The smallest absolute Gasteiger partial charge is 0.191 e. The van der Waals surface area contributed by atoms with Crippen LogP contribution >= 0.6 is 35.0 Å². The molecule has 2 aromatic heterocycles. The third-order valence-corrected chi connectivity index (χ3v) is 5.97. The van der Waals surface area contributed by atoms with Crippen LogP contribution in [0.25, 0.3) is 22.3 Å². The van der Waals surface area contributed by atoms with Crippen LogP contribution in [0.2, 0.25) is 10.0 Å². The van der Waals surface area contributed by atoms with Crippen molar-refractivity contribution in [1.82, 2.24) is 19.7 Å². The number of aromatic nitrogens is 4. The zero-order valence-electron chi connectivity index (χ0n) is 14.3. The lowest BCUT2D eigenvalue weighted by atomic mass is 10.1. The Morgan fingerprint density at radius 2 is 1.92 bits per heavy atom. The van der Waals surface area contributed by atoms with E-state index in [4.69, 9.17) is 23.2 Å². The van der Waals surface area contributed by atoms with Crippen LogP contribution in [-0.4, -0.2) is 19.7 Å². The van der Waals surface area contributed by atoms with Gasteiger partial charge < -0.3 is 9.55 Å². The molecule has 0 bridgehead atoms. The maximum atomic E-state index is 6.31. The number of aromatic amines is 1. The Bertz CT molecular complexity index is 1100. The van der Waals surface area contributed by atoms with Gasteiger partial charge in [0, 0.05) is 40.0 Å². The molecule has 0 saturated heterocycles. The number of hydrogen-bond donors (Lipinski definition) is 1. The lowest BCUT2D eigenvalue weighted by Gasteiger charge is -2.06. The average molecular weight is 403 g/mol. The number of nitrogens with one attached hydrogen (secondary N) is 1. The highest BCUT2D eigenvalue weighted by molar-refractivity contribution is 7.98. The minimum Gasteiger partial charge on any atom is -0.358 e. The predicted octanol–water partition coefficient (Wildman–Crippen LogP) is 5.87. The van der Waals surface area contributed by atoms with Crippen LogP contribution in [0.3, 0.4) is 0 Å². The van der Waals surface area contributed by atoms with Crippen molar-refractivity contribution >= 4 is 45.9 Å². The predicted molar refractivity (Wildman–Crippen MR) is 109 cm³/mol. The Morgan fingerprint density at radius 1 is 1.12 bits per heavy atom. The Morgan fingerprint density at radius 3 is 2.73 bits per heavy atom. The second-order valence-corrected chi connectivity index (χ2v) is 7.84. The topological polar surface area (TPSA) is 46.5 Å². The van der Waals surface area contributed by atoms with E-state index in [9.17, 15) is 0 Å². The molecule has 7 heteroatoms. The van der Waals surface area contributed by atoms with Crippen molar-refractivity contribution in [3.8, 4) is 11.4 Å². The summed E-state index contributed by atoms with van der Waals surface area (Å²) in [7, 11) is 1.95. The van der Waals surface area contributed by atoms with Gasteiger partial charge in [-0.05, 0) is 36.8 Å². The van der Waals surface area contributed by atoms with Crippen molar-refractivity contribution in [3.63, 3.8) is 0 Å². The van der Waals surface area contributed by atoms with E-state index in [2.05, 4.69) is 40.3 Å². The summed E-state index contributed by atoms with van der Waals surface area (Å²) in [5.74, 6) is 1.54. The van der Waals surface area contributed by atoms with Crippen LogP contribution in [0.5, 0.6) is 0 Å². The Kier molecular flexibility index (Phi) is 4.69. The number of hydrogen-bond acceptors (Lipinski definition) is 3. The molecule has 4 aromatic rings. The second-order valence-electron chi connectivity index (χ2n) is 6.05. The van der Waals surface area contributed by atoms with Gasteiger partial charge in [-0.2, -0.15) is 0 Å². The Labute approximate surface area is 165 Å². The molecule has 1 N–H and O–H groups in total. The molecule has 0 spiro atoms. The standard InChI is InChI=1S/C19H16Cl2N4S/c1-11-15(13-5-3-4-6-17(13)22-11)10-26-19-24-23-18(25(19)2)14-8-7-12(20)9-16(14)21/h3-9,22H,10H2,1-2H3. The van der Waals surface area contributed by atoms with Gasteiger partial charge in [-0.25, -0.2) is 0 Å². The average Bonchev–Trinajstić information content (AvgIpc) is 3.13. The molecule has 0 aliphatic carbocycles. The Balaban J connectivity index is 1.62. The number of H-pyrrole nitrogens is 1. The van der Waals surface area contributed by atoms with E-state index in [0.29, 0.717) is 10.0 Å². The normalized spacial score (nSPS) is 11.4. The first-order valence-corrected chi connectivity index (χ1v) is 9.82. The summed E-state index contributed by atoms with van der Waals surface area (Å²) in [6.07, 6.45) is 0. The second kappa shape index (κ2) is 6.99. The molecule has 0 aliphatic heterocycles. The molecule has 2 heterocycles. The van der Waals surface area contributed by atoms with Crippen molar-refractivity contribution in [1.29, 1.82) is 0 Å². The molecule has 0 fully saturated rings. The summed E-state index contributed by atoms with van der Waals surface area (Å²) in [5, 5.41) is 11.9. The van der Waals surface area contributed by atoms with Crippen LogP contribution in [0.1, 0.15) is 11.3 Å². The maximum absolute atomic E-state index is 6.31. The lowest BCUT2D eigenvalue weighted by molar-refractivity contribution is 0.794. The largest absolute Gasteiger partial charge is 0.358 e. The fourth-order valence-corrected chi connectivity index (χ4v) is 4.52. The summed E-state index contributed by atoms with van der Waals surface area (Å²) in [4.78, 5) is 3.44. The van der Waals surface area contributed by atoms with Crippen LogP contribution in [-0.2, 0) is 12.8 Å². The molecule has 0 atom stereocenters. The Hall–Kier alpha value is -1.95. The first-order chi connectivity index (χ1) is 12.5. The fourth-order valence-electron chi connectivity index (χ4n) is 3.00. The van der Waals surface area contributed by atoms with Gasteiger partial charge in [-0.3, -0.25) is 0 Å². The number of para-hydroxylation sites is 1. The highest BCUT2D eigenvalue weighted by Crippen LogP contribution is 2.33. The van der Waals surface area contributed by atoms with Gasteiger partial charge in [0.1, 0.15) is 0 Å². The van der Waals surface area contributed by atoms with Crippen molar-refractivity contribution in [3.05, 3.63) is 63.8 Å². The van der Waals surface area contributed by atoms with E-state index in [1.54, 1.807) is 23.9 Å².